The predicted molar refractivity (Wildman–Crippen MR) is 82.6 cm³/mol. The SMILES string of the molecule is COc1cc(-c2nocc2-c2ccnnc2)cc(OC)c1OC. The Balaban J connectivity index is 2.15. The van der Waals surface area contributed by atoms with Crippen molar-refractivity contribution in [2.45, 2.75) is 0 Å². The third kappa shape index (κ3) is 2.68. The Morgan fingerprint density at radius 1 is 0.913 bits per heavy atom. The summed E-state index contributed by atoms with van der Waals surface area (Å²) in [5.41, 5.74) is 3.08. The van der Waals surface area contributed by atoms with Crippen LogP contribution in [0.1, 0.15) is 0 Å². The van der Waals surface area contributed by atoms with E-state index in [1.54, 1.807) is 40.0 Å². The van der Waals surface area contributed by atoms with E-state index < -0.39 is 0 Å². The van der Waals surface area contributed by atoms with Gasteiger partial charge in [-0.1, -0.05) is 5.16 Å². The maximum Gasteiger partial charge on any atom is 0.203 e. The molecule has 2 heterocycles. The van der Waals surface area contributed by atoms with Crippen molar-refractivity contribution in [3.63, 3.8) is 0 Å². The molecule has 0 aliphatic heterocycles. The second-order valence-electron chi connectivity index (χ2n) is 4.62. The second kappa shape index (κ2) is 6.35. The molecule has 118 valence electrons. The largest absolute Gasteiger partial charge is 0.493 e. The van der Waals surface area contributed by atoms with E-state index in [0.717, 1.165) is 16.7 Å². The summed E-state index contributed by atoms with van der Waals surface area (Å²) in [6, 6.07) is 5.47. The summed E-state index contributed by atoms with van der Waals surface area (Å²) < 4.78 is 21.2. The minimum absolute atomic E-state index is 0.523. The second-order valence-corrected chi connectivity index (χ2v) is 4.62. The molecule has 0 bridgehead atoms. The van der Waals surface area contributed by atoms with Crippen molar-refractivity contribution < 1.29 is 18.7 Å². The van der Waals surface area contributed by atoms with Gasteiger partial charge >= 0.3 is 0 Å². The van der Waals surface area contributed by atoms with Gasteiger partial charge in [-0.05, 0) is 18.2 Å². The van der Waals surface area contributed by atoms with Crippen LogP contribution in [-0.4, -0.2) is 36.7 Å². The van der Waals surface area contributed by atoms with Gasteiger partial charge in [-0.15, -0.1) is 0 Å². The highest BCUT2D eigenvalue weighted by Crippen LogP contribution is 2.42. The third-order valence-corrected chi connectivity index (χ3v) is 3.40. The molecule has 0 spiro atoms. The Labute approximate surface area is 132 Å². The van der Waals surface area contributed by atoms with Crippen LogP contribution in [0, 0.1) is 0 Å². The molecule has 1 aromatic carbocycles. The number of aromatic nitrogens is 3. The minimum atomic E-state index is 0.523. The molecule has 0 unspecified atom stereocenters. The van der Waals surface area contributed by atoms with Gasteiger partial charge in [0.25, 0.3) is 0 Å². The molecular weight excluding hydrogens is 298 g/mol. The molecular formula is C16H15N3O4. The third-order valence-electron chi connectivity index (χ3n) is 3.40. The van der Waals surface area contributed by atoms with Gasteiger partial charge in [0.1, 0.15) is 12.0 Å². The number of benzene rings is 1. The molecule has 0 saturated heterocycles. The monoisotopic (exact) mass is 313 g/mol. The fraction of sp³-hybridized carbons (Fsp3) is 0.188. The normalized spacial score (nSPS) is 10.4. The molecule has 7 nitrogen and oxygen atoms in total. The summed E-state index contributed by atoms with van der Waals surface area (Å²) in [6.07, 6.45) is 4.82. The fourth-order valence-electron chi connectivity index (χ4n) is 2.32. The van der Waals surface area contributed by atoms with Crippen molar-refractivity contribution in [3.8, 4) is 39.6 Å². The van der Waals surface area contributed by atoms with Gasteiger partial charge < -0.3 is 18.7 Å². The van der Waals surface area contributed by atoms with Gasteiger partial charge in [0, 0.05) is 11.1 Å². The quantitative estimate of drug-likeness (QED) is 0.716. The lowest BCUT2D eigenvalue weighted by molar-refractivity contribution is 0.324. The number of hydrogen-bond donors (Lipinski definition) is 0. The van der Waals surface area contributed by atoms with Gasteiger partial charge in [-0.25, -0.2) is 0 Å². The standard InChI is InChI=1S/C16H15N3O4/c1-20-13-6-11(7-14(21-2)16(13)22-3)15-12(9-23-19-15)10-4-5-17-18-8-10/h4-9H,1-3H3. The molecule has 0 atom stereocenters. The summed E-state index contributed by atoms with van der Waals surface area (Å²) in [5.74, 6) is 1.61. The number of nitrogens with zero attached hydrogens (tertiary/aromatic N) is 3. The lowest BCUT2D eigenvalue weighted by Crippen LogP contribution is -1.96. The average molecular weight is 313 g/mol. The number of ether oxygens (including phenoxy) is 3. The van der Waals surface area contributed by atoms with Crippen molar-refractivity contribution in [2.75, 3.05) is 21.3 Å². The van der Waals surface area contributed by atoms with Gasteiger partial charge in [0.05, 0.1) is 39.3 Å². The van der Waals surface area contributed by atoms with E-state index >= 15 is 0 Å². The number of rotatable bonds is 5. The van der Waals surface area contributed by atoms with Crippen LogP contribution in [-0.2, 0) is 0 Å². The van der Waals surface area contributed by atoms with Gasteiger partial charge in [0.15, 0.2) is 11.5 Å². The smallest absolute Gasteiger partial charge is 0.203 e. The molecule has 0 aliphatic rings. The summed E-state index contributed by atoms with van der Waals surface area (Å²) in [7, 11) is 4.69. The van der Waals surface area contributed by atoms with Crippen LogP contribution in [0.25, 0.3) is 22.4 Å². The molecule has 23 heavy (non-hydrogen) atoms. The first-order chi connectivity index (χ1) is 11.3. The van der Waals surface area contributed by atoms with Crippen LogP contribution in [0.4, 0.5) is 0 Å². The molecule has 0 N–H and O–H groups in total. The van der Waals surface area contributed by atoms with Crippen molar-refractivity contribution in [2.24, 2.45) is 0 Å². The molecule has 7 heteroatoms. The maximum atomic E-state index is 5.38. The molecule has 0 aliphatic carbocycles. The van der Waals surface area contributed by atoms with E-state index in [1.807, 2.05) is 18.2 Å². The van der Waals surface area contributed by atoms with Crippen molar-refractivity contribution in [1.82, 2.24) is 15.4 Å². The fourth-order valence-corrected chi connectivity index (χ4v) is 2.32. The van der Waals surface area contributed by atoms with Crippen LogP contribution >= 0.6 is 0 Å². The first kappa shape index (κ1) is 14.8. The zero-order valence-corrected chi connectivity index (χ0v) is 12.9. The Morgan fingerprint density at radius 2 is 1.65 bits per heavy atom. The van der Waals surface area contributed by atoms with E-state index in [2.05, 4.69) is 15.4 Å². The first-order valence-electron chi connectivity index (χ1n) is 6.80. The van der Waals surface area contributed by atoms with Crippen molar-refractivity contribution in [1.29, 1.82) is 0 Å². The first-order valence-corrected chi connectivity index (χ1v) is 6.80. The molecule has 0 saturated carbocycles. The van der Waals surface area contributed by atoms with Crippen LogP contribution < -0.4 is 14.2 Å². The Morgan fingerprint density at radius 3 is 2.22 bits per heavy atom. The topological polar surface area (TPSA) is 79.5 Å². The zero-order chi connectivity index (χ0) is 16.2. The van der Waals surface area contributed by atoms with Crippen LogP contribution in [0.2, 0.25) is 0 Å². The van der Waals surface area contributed by atoms with Gasteiger partial charge in [-0.2, -0.15) is 10.2 Å². The summed E-state index contributed by atoms with van der Waals surface area (Å²) in [5, 5.41) is 11.8. The Hall–Kier alpha value is -3.09. The lowest BCUT2D eigenvalue weighted by atomic mass is 10.0. The predicted octanol–water partition coefficient (Wildman–Crippen LogP) is 2.82. The molecule has 2 aromatic heterocycles. The highest BCUT2D eigenvalue weighted by atomic mass is 16.5. The van der Waals surface area contributed by atoms with E-state index in [0.29, 0.717) is 22.9 Å². The molecule has 0 radical (unpaired) electrons. The number of hydrogen-bond acceptors (Lipinski definition) is 7. The Bertz CT molecular complexity index is 777. The van der Waals surface area contributed by atoms with E-state index in [-0.39, 0.29) is 0 Å². The zero-order valence-electron chi connectivity index (χ0n) is 12.9. The average Bonchev–Trinajstić information content (AvgIpc) is 3.10. The van der Waals surface area contributed by atoms with E-state index in [4.69, 9.17) is 18.7 Å². The molecule has 0 fully saturated rings. The van der Waals surface area contributed by atoms with Crippen LogP contribution in [0.5, 0.6) is 17.2 Å². The van der Waals surface area contributed by atoms with Crippen molar-refractivity contribution in [3.05, 3.63) is 36.9 Å². The van der Waals surface area contributed by atoms with E-state index in [1.165, 1.54) is 0 Å². The van der Waals surface area contributed by atoms with Crippen LogP contribution in [0.3, 0.4) is 0 Å². The highest BCUT2D eigenvalue weighted by Gasteiger charge is 2.19. The number of methoxy groups -OCH3 is 3. The van der Waals surface area contributed by atoms with Crippen LogP contribution in [0.15, 0.2) is 41.4 Å². The van der Waals surface area contributed by atoms with Crippen molar-refractivity contribution >= 4 is 0 Å². The summed E-state index contributed by atoms with van der Waals surface area (Å²) >= 11 is 0. The summed E-state index contributed by atoms with van der Waals surface area (Å²) in [6.45, 7) is 0. The lowest BCUT2D eigenvalue weighted by Gasteiger charge is -2.13. The highest BCUT2D eigenvalue weighted by molar-refractivity contribution is 5.81. The minimum Gasteiger partial charge on any atom is -0.493 e. The Kier molecular flexibility index (Phi) is 4.09. The van der Waals surface area contributed by atoms with Gasteiger partial charge in [0.2, 0.25) is 5.75 Å². The summed E-state index contributed by atoms with van der Waals surface area (Å²) in [4.78, 5) is 0. The molecule has 3 aromatic rings. The molecule has 0 amide bonds. The maximum absolute atomic E-state index is 5.38. The van der Waals surface area contributed by atoms with E-state index in [9.17, 15) is 0 Å². The molecule has 3 rings (SSSR count). The van der Waals surface area contributed by atoms with Gasteiger partial charge in [-0.3, -0.25) is 0 Å².